The second-order valence-corrected chi connectivity index (χ2v) is 5.12. The number of ether oxygens (including phenoxy) is 1. The fourth-order valence-corrected chi connectivity index (χ4v) is 2.45. The molecule has 0 heterocycles. The van der Waals surface area contributed by atoms with E-state index in [1.54, 1.807) is 18.2 Å². The summed E-state index contributed by atoms with van der Waals surface area (Å²) in [6, 6.07) is 7.97. The maximum absolute atomic E-state index is 14.0. The molecule has 0 bridgehead atoms. The van der Waals surface area contributed by atoms with Crippen LogP contribution in [0.25, 0.3) is 0 Å². The van der Waals surface area contributed by atoms with Gasteiger partial charge in [-0.25, -0.2) is 4.39 Å². The largest absolute Gasteiger partial charge is 0.496 e. The van der Waals surface area contributed by atoms with Gasteiger partial charge in [0, 0.05) is 10.6 Å². The molecule has 0 saturated heterocycles. The third-order valence-corrected chi connectivity index (χ3v) is 3.74. The number of benzene rings is 2. The van der Waals surface area contributed by atoms with E-state index in [1.165, 1.54) is 19.2 Å². The average molecular weight is 295 g/mol. The standard InChI is InChI=1S/C16H16ClFO2/c1-9-7-11(12(17)8-10(9)2)16(19)15-13(18)5-4-6-14(15)20-3/h4-8,16,19H,1-3H3. The molecule has 1 N–H and O–H groups in total. The second-order valence-electron chi connectivity index (χ2n) is 4.72. The molecule has 0 aliphatic heterocycles. The van der Waals surface area contributed by atoms with E-state index in [0.717, 1.165) is 11.1 Å². The van der Waals surface area contributed by atoms with Crippen LogP contribution in [0.2, 0.25) is 5.02 Å². The Labute approximate surface area is 122 Å². The Morgan fingerprint density at radius 1 is 1.20 bits per heavy atom. The summed E-state index contributed by atoms with van der Waals surface area (Å²) in [7, 11) is 1.44. The Hall–Kier alpha value is -1.58. The zero-order valence-corrected chi connectivity index (χ0v) is 12.3. The molecular weight excluding hydrogens is 279 g/mol. The molecule has 0 aliphatic rings. The van der Waals surface area contributed by atoms with E-state index in [0.29, 0.717) is 16.3 Å². The van der Waals surface area contributed by atoms with Crippen molar-refractivity contribution in [3.8, 4) is 5.75 Å². The molecule has 0 spiro atoms. The Morgan fingerprint density at radius 2 is 1.85 bits per heavy atom. The molecule has 0 radical (unpaired) electrons. The number of halogens is 2. The summed E-state index contributed by atoms with van der Waals surface area (Å²) in [6.07, 6.45) is -1.17. The lowest BCUT2D eigenvalue weighted by atomic mass is 9.96. The van der Waals surface area contributed by atoms with Crippen LogP contribution in [0.15, 0.2) is 30.3 Å². The minimum Gasteiger partial charge on any atom is -0.496 e. The first-order chi connectivity index (χ1) is 9.45. The Kier molecular flexibility index (Phi) is 4.31. The van der Waals surface area contributed by atoms with Crippen molar-refractivity contribution < 1.29 is 14.2 Å². The number of aliphatic hydroxyl groups is 1. The van der Waals surface area contributed by atoms with Crippen molar-refractivity contribution in [1.82, 2.24) is 0 Å². The molecule has 2 rings (SSSR count). The molecule has 4 heteroatoms. The molecule has 0 amide bonds. The first-order valence-corrected chi connectivity index (χ1v) is 6.60. The average Bonchev–Trinajstić information content (AvgIpc) is 2.41. The summed E-state index contributed by atoms with van der Waals surface area (Å²) in [4.78, 5) is 0. The highest BCUT2D eigenvalue weighted by Crippen LogP contribution is 2.36. The number of hydrogen-bond acceptors (Lipinski definition) is 2. The van der Waals surface area contributed by atoms with Crippen LogP contribution in [-0.4, -0.2) is 12.2 Å². The van der Waals surface area contributed by atoms with Gasteiger partial charge in [-0.15, -0.1) is 0 Å². The number of aliphatic hydroxyl groups excluding tert-OH is 1. The lowest BCUT2D eigenvalue weighted by molar-refractivity contribution is 0.209. The third-order valence-electron chi connectivity index (χ3n) is 3.41. The monoisotopic (exact) mass is 294 g/mol. The molecule has 2 aromatic rings. The normalized spacial score (nSPS) is 12.3. The van der Waals surface area contributed by atoms with E-state index in [1.807, 2.05) is 13.8 Å². The van der Waals surface area contributed by atoms with Crippen molar-refractivity contribution in [3.63, 3.8) is 0 Å². The van der Waals surface area contributed by atoms with Crippen molar-refractivity contribution in [2.45, 2.75) is 20.0 Å². The maximum atomic E-state index is 14.0. The van der Waals surface area contributed by atoms with Gasteiger partial charge in [-0.3, -0.25) is 0 Å². The Bertz CT molecular complexity index is 641. The topological polar surface area (TPSA) is 29.5 Å². The fraction of sp³-hybridized carbons (Fsp3) is 0.250. The van der Waals surface area contributed by atoms with Gasteiger partial charge in [0.05, 0.1) is 12.7 Å². The summed E-state index contributed by atoms with van der Waals surface area (Å²) in [5.41, 5.74) is 2.57. The maximum Gasteiger partial charge on any atom is 0.133 e. The summed E-state index contributed by atoms with van der Waals surface area (Å²) in [5.74, 6) is -0.224. The van der Waals surface area contributed by atoms with Gasteiger partial charge in [-0.1, -0.05) is 23.7 Å². The molecule has 0 saturated carbocycles. The van der Waals surface area contributed by atoms with Gasteiger partial charge in [-0.2, -0.15) is 0 Å². The summed E-state index contributed by atoms with van der Waals surface area (Å²) in [6.45, 7) is 3.85. The molecule has 20 heavy (non-hydrogen) atoms. The van der Waals surface area contributed by atoms with Crippen LogP contribution in [0.1, 0.15) is 28.4 Å². The van der Waals surface area contributed by atoms with E-state index < -0.39 is 11.9 Å². The third kappa shape index (κ3) is 2.65. The van der Waals surface area contributed by atoms with Crippen molar-refractivity contribution in [1.29, 1.82) is 0 Å². The SMILES string of the molecule is COc1cccc(F)c1C(O)c1cc(C)c(C)cc1Cl. The summed E-state index contributed by atoms with van der Waals surface area (Å²) < 4.78 is 19.1. The van der Waals surface area contributed by atoms with Crippen LogP contribution >= 0.6 is 11.6 Å². The van der Waals surface area contributed by atoms with Gasteiger partial charge in [0.25, 0.3) is 0 Å². The van der Waals surface area contributed by atoms with Crippen molar-refractivity contribution in [2.24, 2.45) is 0 Å². The van der Waals surface area contributed by atoms with Crippen molar-refractivity contribution in [3.05, 3.63) is 63.4 Å². The number of rotatable bonds is 3. The predicted octanol–water partition coefficient (Wildman–Crippen LogP) is 4.19. The minimum absolute atomic E-state index is 0.0974. The van der Waals surface area contributed by atoms with Gasteiger partial charge in [0.1, 0.15) is 17.7 Å². The quantitative estimate of drug-likeness (QED) is 0.920. The van der Waals surface area contributed by atoms with Crippen LogP contribution < -0.4 is 4.74 Å². The highest BCUT2D eigenvalue weighted by Gasteiger charge is 2.22. The molecule has 0 aliphatic carbocycles. The molecule has 106 valence electrons. The van der Waals surface area contributed by atoms with Gasteiger partial charge >= 0.3 is 0 Å². The van der Waals surface area contributed by atoms with Crippen LogP contribution in [0.3, 0.4) is 0 Å². The van der Waals surface area contributed by atoms with E-state index in [4.69, 9.17) is 16.3 Å². The van der Waals surface area contributed by atoms with Crippen LogP contribution in [0, 0.1) is 19.7 Å². The van der Waals surface area contributed by atoms with Crippen LogP contribution in [0.4, 0.5) is 4.39 Å². The first kappa shape index (κ1) is 14.8. The predicted molar refractivity (Wildman–Crippen MR) is 77.9 cm³/mol. The van der Waals surface area contributed by atoms with Crippen LogP contribution in [0.5, 0.6) is 5.75 Å². The van der Waals surface area contributed by atoms with E-state index in [2.05, 4.69) is 0 Å². The molecule has 2 nitrogen and oxygen atoms in total. The Morgan fingerprint density at radius 3 is 2.50 bits per heavy atom. The molecule has 0 fully saturated rings. The molecule has 2 aromatic carbocycles. The van der Waals surface area contributed by atoms with Gasteiger partial charge in [0.15, 0.2) is 0 Å². The number of methoxy groups -OCH3 is 1. The van der Waals surface area contributed by atoms with E-state index in [9.17, 15) is 9.50 Å². The lowest BCUT2D eigenvalue weighted by Crippen LogP contribution is -2.06. The number of hydrogen-bond donors (Lipinski definition) is 1. The van der Waals surface area contributed by atoms with Crippen molar-refractivity contribution >= 4 is 11.6 Å². The van der Waals surface area contributed by atoms with E-state index >= 15 is 0 Å². The number of aryl methyl sites for hydroxylation is 2. The van der Waals surface area contributed by atoms with E-state index in [-0.39, 0.29) is 5.56 Å². The summed E-state index contributed by atoms with van der Waals surface area (Å²) in [5, 5.41) is 10.9. The smallest absolute Gasteiger partial charge is 0.133 e. The van der Waals surface area contributed by atoms with Gasteiger partial charge < -0.3 is 9.84 Å². The first-order valence-electron chi connectivity index (χ1n) is 6.22. The zero-order valence-electron chi connectivity index (χ0n) is 11.6. The van der Waals surface area contributed by atoms with Crippen molar-refractivity contribution in [2.75, 3.05) is 7.11 Å². The zero-order chi connectivity index (χ0) is 14.9. The second kappa shape index (κ2) is 5.81. The molecule has 1 unspecified atom stereocenters. The van der Waals surface area contributed by atoms with Gasteiger partial charge in [0.2, 0.25) is 0 Å². The lowest BCUT2D eigenvalue weighted by Gasteiger charge is -2.18. The highest BCUT2D eigenvalue weighted by atomic mass is 35.5. The highest BCUT2D eigenvalue weighted by molar-refractivity contribution is 6.31. The molecular formula is C16H16ClFO2. The summed E-state index contributed by atoms with van der Waals surface area (Å²) >= 11 is 6.17. The van der Waals surface area contributed by atoms with Gasteiger partial charge in [-0.05, 0) is 43.2 Å². The minimum atomic E-state index is -1.17. The molecule has 1 atom stereocenters. The Balaban J connectivity index is 2.57. The molecule has 0 aromatic heterocycles. The fourth-order valence-electron chi connectivity index (χ4n) is 2.13. The van der Waals surface area contributed by atoms with Crippen LogP contribution in [-0.2, 0) is 0 Å².